The molecule has 1 atom stereocenters. The van der Waals surface area contributed by atoms with Crippen molar-refractivity contribution < 1.29 is 17.9 Å². The third-order valence-electron chi connectivity index (χ3n) is 7.56. The van der Waals surface area contributed by atoms with E-state index >= 15 is 0 Å². The SMILES string of the molecule is CCCN1C(=O)C(C)c2c1cc(-c1ccc(S(=O)(=O)N3CCN(Cc4ccc(OC)cc4)CC3)cc1)[nH]c2=O. The van der Waals surface area contributed by atoms with Crippen LogP contribution in [0.3, 0.4) is 0 Å². The van der Waals surface area contributed by atoms with Crippen molar-refractivity contribution in [3.8, 4) is 17.0 Å². The lowest BCUT2D eigenvalue weighted by molar-refractivity contribution is -0.119. The number of amides is 1. The fourth-order valence-electron chi connectivity index (χ4n) is 5.36. The topological polar surface area (TPSA) is 103 Å². The molecule has 206 valence electrons. The fraction of sp³-hybridized carbons (Fsp3) is 0.379. The molecule has 5 rings (SSSR count). The molecule has 3 aromatic rings. The highest BCUT2D eigenvalue weighted by Gasteiger charge is 2.36. The Bertz CT molecular complexity index is 1510. The maximum Gasteiger partial charge on any atom is 0.254 e. The first kappa shape index (κ1) is 27.1. The van der Waals surface area contributed by atoms with E-state index in [9.17, 15) is 18.0 Å². The number of hydrogen-bond acceptors (Lipinski definition) is 6. The van der Waals surface area contributed by atoms with Crippen LogP contribution >= 0.6 is 0 Å². The number of piperazine rings is 1. The van der Waals surface area contributed by atoms with Crippen LogP contribution < -0.4 is 15.2 Å². The molecule has 1 saturated heterocycles. The molecule has 1 N–H and O–H groups in total. The second-order valence-electron chi connectivity index (χ2n) is 10.1. The van der Waals surface area contributed by atoms with Gasteiger partial charge in [0.25, 0.3) is 5.56 Å². The molecule has 3 heterocycles. The van der Waals surface area contributed by atoms with Crippen molar-refractivity contribution in [2.45, 2.75) is 37.6 Å². The molecule has 0 spiro atoms. The van der Waals surface area contributed by atoms with E-state index in [4.69, 9.17) is 4.74 Å². The van der Waals surface area contributed by atoms with Crippen molar-refractivity contribution in [1.82, 2.24) is 14.2 Å². The van der Waals surface area contributed by atoms with Crippen LogP contribution in [0.25, 0.3) is 11.3 Å². The zero-order chi connectivity index (χ0) is 27.7. The quantitative estimate of drug-likeness (QED) is 0.461. The molecule has 0 aliphatic carbocycles. The number of nitrogens with one attached hydrogen (secondary N) is 1. The van der Waals surface area contributed by atoms with Crippen LogP contribution in [-0.2, 0) is 21.4 Å². The van der Waals surface area contributed by atoms with Gasteiger partial charge in [-0.3, -0.25) is 14.5 Å². The third kappa shape index (κ3) is 5.24. The number of aromatic nitrogens is 1. The normalized spacial score (nSPS) is 18.4. The van der Waals surface area contributed by atoms with Crippen molar-refractivity contribution in [1.29, 1.82) is 0 Å². The number of rotatable bonds is 8. The minimum absolute atomic E-state index is 0.0694. The fourth-order valence-corrected chi connectivity index (χ4v) is 6.78. The molecule has 0 radical (unpaired) electrons. The number of carbonyl (C=O) groups excluding carboxylic acids is 1. The molecule has 1 aromatic heterocycles. The maximum atomic E-state index is 13.4. The molecule has 0 bridgehead atoms. The number of sulfonamides is 1. The standard InChI is InChI=1S/C29H34N4O5S/c1-4-13-33-26-18-25(30-28(34)27(26)20(2)29(33)35)22-7-11-24(12-8-22)39(36,37)32-16-14-31(15-17-32)19-21-5-9-23(38-3)10-6-21/h5-12,18,20H,4,13-17,19H2,1-3H3,(H,30,34). The number of anilines is 1. The van der Waals surface area contributed by atoms with Crippen LogP contribution in [-0.4, -0.2) is 68.3 Å². The van der Waals surface area contributed by atoms with Crippen molar-refractivity contribution in [2.24, 2.45) is 0 Å². The van der Waals surface area contributed by atoms with Gasteiger partial charge in [0.05, 0.1) is 34.9 Å². The second kappa shape index (κ2) is 11.0. The summed E-state index contributed by atoms with van der Waals surface area (Å²) in [5, 5.41) is 0. The summed E-state index contributed by atoms with van der Waals surface area (Å²) in [6.45, 7) is 7.16. The minimum atomic E-state index is -3.65. The number of fused-ring (bicyclic) bond motifs is 1. The Hall–Kier alpha value is -3.47. The highest BCUT2D eigenvalue weighted by Crippen LogP contribution is 2.36. The summed E-state index contributed by atoms with van der Waals surface area (Å²) in [4.78, 5) is 32.6. The molecule has 1 fully saturated rings. The van der Waals surface area contributed by atoms with Crippen LogP contribution in [0.1, 0.15) is 37.3 Å². The average molecular weight is 551 g/mol. The number of benzene rings is 2. The molecular weight excluding hydrogens is 516 g/mol. The van der Waals surface area contributed by atoms with E-state index in [0.717, 1.165) is 24.3 Å². The van der Waals surface area contributed by atoms with Crippen LogP contribution in [0, 0.1) is 0 Å². The maximum absolute atomic E-state index is 13.4. The number of ether oxygens (including phenoxy) is 1. The van der Waals surface area contributed by atoms with Gasteiger partial charge in [-0.1, -0.05) is 31.2 Å². The molecule has 0 saturated carbocycles. The Morgan fingerprint density at radius 1 is 0.974 bits per heavy atom. The first-order chi connectivity index (χ1) is 18.7. The Labute approximate surface area is 229 Å². The lowest BCUT2D eigenvalue weighted by Gasteiger charge is -2.34. The first-order valence-corrected chi connectivity index (χ1v) is 14.7. The number of pyridine rings is 1. The van der Waals surface area contributed by atoms with E-state index in [0.29, 0.717) is 55.2 Å². The van der Waals surface area contributed by atoms with E-state index in [2.05, 4.69) is 9.88 Å². The predicted octanol–water partition coefficient (Wildman–Crippen LogP) is 3.42. The monoisotopic (exact) mass is 550 g/mol. The first-order valence-electron chi connectivity index (χ1n) is 13.3. The number of methoxy groups -OCH3 is 1. The van der Waals surface area contributed by atoms with Gasteiger partial charge in [0.1, 0.15) is 5.75 Å². The number of carbonyl (C=O) groups is 1. The Morgan fingerprint density at radius 2 is 1.64 bits per heavy atom. The molecular formula is C29H34N4O5S. The third-order valence-corrected chi connectivity index (χ3v) is 9.47. The van der Waals surface area contributed by atoms with Gasteiger partial charge in [0.2, 0.25) is 15.9 Å². The van der Waals surface area contributed by atoms with Gasteiger partial charge in [-0.2, -0.15) is 4.31 Å². The summed E-state index contributed by atoms with van der Waals surface area (Å²) < 4.78 is 33.5. The van der Waals surface area contributed by atoms with Crippen LogP contribution in [0.2, 0.25) is 0 Å². The van der Waals surface area contributed by atoms with Crippen molar-refractivity contribution >= 4 is 21.6 Å². The summed E-state index contributed by atoms with van der Waals surface area (Å²) >= 11 is 0. The van der Waals surface area contributed by atoms with Crippen LogP contribution in [0.4, 0.5) is 5.69 Å². The van der Waals surface area contributed by atoms with E-state index in [-0.39, 0.29) is 16.4 Å². The van der Waals surface area contributed by atoms with E-state index in [1.807, 2.05) is 37.3 Å². The lowest BCUT2D eigenvalue weighted by atomic mass is 10.0. The van der Waals surface area contributed by atoms with Crippen LogP contribution in [0.15, 0.2) is 64.3 Å². The summed E-state index contributed by atoms with van der Waals surface area (Å²) in [6.07, 6.45) is 0.780. The van der Waals surface area contributed by atoms with Crippen molar-refractivity contribution in [3.63, 3.8) is 0 Å². The van der Waals surface area contributed by atoms with Crippen LogP contribution in [0.5, 0.6) is 5.75 Å². The van der Waals surface area contributed by atoms with Crippen molar-refractivity contribution in [3.05, 3.63) is 76.1 Å². The Balaban J connectivity index is 1.28. The molecule has 2 aliphatic rings. The van der Waals surface area contributed by atoms with Gasteiger partial charge in [0, 0.05) is 39.3 Å². The van der Waals surface area contributed by atoms with Crippen molar-refractivity contribution in [2.75, 3.05) is 44.7 Å². The molecule has 9 nitrogen and oxygen atoms in total. The van der Waals surface area contributed by atoms with Gasteiger partial charge in [-0.05, 0) is 54.8 Å². The van der Waals surface area contributed by atoms with Gasteiger partial charge in [0.15, 0.2) is 0 Å². The molecule has 10 heteroatoms. The lowest BCUT2D eigenvalue weighted by Crippen LogP contribution is -2.48. The second-order valence-corrected chi connectivity index (χ2v) is 12.0. The van der Waals surface area contributed by atoms with E-state index < -0.39 is 15.9 Å². The van der Waals surface area contributed by atoms with Gasteiger partial charge in [-0.15, -0.1) is 0 Å². The van der Waals surface area contributed by atoms with Gasteiger partial charge < -0.3 is 14.6 Å². The molecule has 2 aromatic carbocycles. The zero-order valence-corrected chi connectivity index (χ0v) is 23.3. The summed E-state index contributed by atoms with van der Waals surface area (Å²) in [6, 6.07) is 16.3. The smallest absolute Gasteiger partial charge is 0.254 e. The average Bonchev–Trinajstić information content (AvgIpc) is 3.19. The Morgan fingerprint density at radius 3 is 2.26 bits per heavy atom. The molecule has 2 aliphatic heterocycles. The molecule has 39 heavy (non-hydrogen) atoms. The number of nitrogens with zero attached hydrogens (tertiary/aromatic N) is 3. The summed E-state index contributed by atoms with van der Waals surface area (Å²) in [5.41, 5.74) is 3.23. The van der Waals surface area contributed by atoms with E-state index in [1.165, 1.54) is 4.31 Å². The minimum Gasteiger partial charge on any atom is -0.497 e. The summed E-state index contributed by atoms with van der Waals surface area (Å²) in [5.74, 6) is 0.264. The zero-order valence-electron chi connectivity index (χ0n) is 22.5. The number of aromatic amines is 1. The largest absolute Gasteiger partial charge is 0.497 e. The molecule has 1 unspecified atom stereocenters. The molecule has 1 amide bonds. The summed E-state index contributed by atoms with van der Waals surface area (Å²) in [7, 11) is -2.01. The Kier molecular flexibility index (Phi) is 7.61. The van der Waals surface area contributed by atoms with Gasteiger partial charge in [-0.25, -0.2) is 8.42 Å². The van der Waals surface area contributed by atoms with Gasteiger partial charge >= 0.3 is 0 Å². The number of H-pyrrole nitrogens is 1. The van der Waals surface area contributed by atoms with E-state index in [1.54, 1.807) is 43.2 Å². The predicted molar refractivity (Wildman–Crippen MR) is 151 cm³/mol. The number of hydrogen-bond donors (Lipinski definition) is 1. The highest BCUT2D eigenvalue weighted by atomic mass is 32.2. The highest BCUT2D eigenvalue weighted by molar-refractivity contribution is 7.89.